The summed E-state index contributed by atoms with van der Waals surface area (Å²) in [7, 11) is 0. The second-order valence-corrected chi connectivity index (χ2v) is 3.21. The van der Waals surface area contributed by atoms with Crippen LogP contribution in [0.4, 0.5) is 0 Å². The number of hydrogen-bond donors (Lipinski definition) is 3. The highest BCUT2D eigenvalue weighted by molar-refractivity contribution is 5.78. The Morgan fingerprint density at radius 2 is 2.25 bits per heavy atom. The van der Waals surface area contributed by atoms with Gasteiger partial charge in [-0.3, -0.25) is 0 Å². The molecule has 84 valence electrons. The normalized spacial score (nSPS) is 12.9. The van der Waals surface area contributed by atoms with Gasteiger partial charge in [0.15, 0.2) is 5.58 Å². The molecule has 0 fully saturated rings. The number of para-hydroxylation sites is 1. The highest BCUT2D eigenvalue weighted by Crippen LogP contribution is 2.23. The number of carboxylic acids is 1. The van der Waals surface area contributed by atoms with Crippen LogP contribution in [-0.2, 0) is 11.4 Å². The summed E-state index contributed by atoms with van der Waals surface area (Å²) in [6.07, 6.45) is -1.79. The predicted molar refractivity (Wildman–Crippen MR) is 52.5 cm³/mol. The van der Waals surface area contributed by atoms with Gasteiger partial charge in [-0.25, -0.2) is 9.78 Å². The molecule has 0 aliphatic rings. The standard InChI is InChI=1S/C10H9NO5/c12-4-5-2-1-3-6-7(5)11-9(16-6)8(13)10(14)15/h1-3,8,12-13H,4H2,(H,14,15). The molecular formula is C10H9NO5. The second kappa shape index (κ2) is 3.92. The third kappa shape index (κ3) is 1.64. The van der Waals surface area contributed by atoms with E-state index in [9.17, 15) is 9.90 Å². The lowest BCUT2D eigenvalue weighted by Gasteiger charge is -1.96. The largest absolute Gasteiger partial charge is 0.479 e. The maximum atomic E-state index is 10.5. The number of nitrogens with zero attached hydrogens (tertiary/aromatic N) is 1. The molecule has 16 heavy (non-hydrogen) atoms. The molecule has 0 bridgehead atoms. The Morgan fingerprint density at radius 1 is 1.50 bits per heavy atom. The van der Waals surface area contributed by atoms with Gasteiger partial charge in [0.2, 0.25) is 12.0 Å². The van der Waals surface area contributed by atoms with Gasteiger partial charge in [0, 0.05) is 5.56 Å². The zero-order valence-corrected chi connectivity index (χ0v) is 8.12. The molecule has 1 aromatic carbocycles. The van der Waals surface area contributed by atoms with E-state index in [0.29, 0.717) is 16.7 Å². The van der Waals surface area contributed by atoms with Crippen molar-refractivity contribution < 1.29 is 24.5 Å². The van der Waals surface area contributed by atoms with Crippen LogP contribution in [0.2, 0.25) is 0 Å². The summed E-state index contributed by atoms with van der Waals surface area (Å²) in [4.78, 5) is 14.4. The predicted octanol–water partition coefficient (Wildman–Crippen LogP) is 0.438. The highest BCUT2D eigenvalue weighted by Gasteiger charge is 2.23. The van der Waals surface area contributed by atoms with Gasteiger partial charge in [0.1, 0.15) is 5.52 Å². The van der Waals surface area contributed by atoms with Crippen LogP contribution in [0.1, 0.15) is 17.6 Å². The van der Waals surface area contributed by atoms with Crippen LogP contribution in [0.5, 0.6) is 0 Å². The lowest BCUT2D eigenvalue weighted by atomic mass is 10.2. The summed E-state index contributed by atoms with van der Waals surface area (Å²) in [5, 5.41) is 26.9. The number of aliphatic carboxylic acids is 1. The van der Waals surface area contributed by atoms with E-state index in [1.54, 1.807) is 18.2 Å². The molecule has 6 nitrogen and oxygen atoms in total. The minimum Gasteiger partial charge on any atom is -0.479 e. The third-order valence-corrected chi connectivity index (χ3v) is 2.16. The summed E-state index contributed by atoms with van der Waals surface area (Å²) < 4.78 is 5.08. The van der Waals surface area contributed by atoms with Gasteiger partial charge in [-0.1, -0.05) is 12.1 Å². The van der Waals surface area contributed by atoms with E-state index in [2.05, 4.69) is 4.98 Å². The van der Waals surface area contributed by atoms with E-state index in [0.717, 1.165) is 0 Å². The number of rotatable bonds is 3. The van der Waals surface area contributed by atoms with E-state index in [1.807, 2.05) is 0 Å². The molecule has 1 unspecified atom stereocenters. The van der Waals surface area contributed by atoms with Crippen molar-refractivity contribution in [3.63, 3.8) is 0 Å². The van der Waals surface area contributed by atoms with Crippen molar-refractivity contribution in [1.29, 1.82) is 0 Å². The number of carboxylic acid groups (broad SMARTS) is 1. The molecule has 0 aliphatic heterocycles. The highest BCUT2D eigenvalue weighted by atomic mass is 16.4. The second-order valence-electron chi connectivity index (χ2n) is 3.21. The average Bonchev–Trinajstić information content (AvgIpc) is 2.70. The van der Waals surface area contributed by atoms with Gasteiger partial charge < -0.3 is 19.7 Å². The Balaban J connectivity index is 2.55. The SMILES string of the molecule is O=C(O)C(O)c1nc2c(CO)cccc2o1. The molecule has 6 heteroatoms. The minimum atomic E-state index is -1.79. The summed E-state index contributed by atoms with van der Waals surface area (Å²) in [6.45, 7) is -0.230. The Kier molecular flexibility index (Phi) is 2.59. The first-order valence-corrected chi connectivity index (χ1v) is 4.53. The molecule has 0 radical (unpaired) electrons. The van der Waals surface area contributed by atoms with Crippen molar-refractivity contribution in [2.45, 2.75) is 12.7 Å². The van der Waals surface area contributed by atoms with E-state index < -0.39 is 12.1 Å². The molecule has 0 amide bonds. The van der Waals surface area contributed by atoms with Gasteiger partial charge in [-0.05, 0) is 6.07 Å². The molecule has 1 heterocycles. The average molecular weight is 223 g/mol. The first kappa shape index (κ1) is 10.6. The van der Waals surface area contributed by atoms with Crippen molar-refractivity contribution in [2.24, 2.45) is 0 Å². The quantitative estimate of drug-likeness (QED) is 0.697. The van der Waals surface area contributed by atoms with Gasteiger partial charge in [0.05, 0.1) is 6.61 Å². The van der Waals surface area contributed by atoms with Crippen LogP contribution in [-0.4, -0.2) is 26.3 Å². The fraction of sp³-hybridized carbons (Fsp3) is 0.200. The Bertz CT molecular complexity index is 533. The van der Waals surface area contributed by atoms with Crippen molar-refractivity contribution in [3.8, 4) is 0 Å². The zero-order chi connectivity index (χ0) is 11.7. The fourth-order valence-corrected chi connectivity index (χ4v) is 1.37. The van der Waals surface area contributed by atoms with Gasteiger partial charge in [-0.15, -0.1) is 0 Å². The van der Waals surface area contributed by atoms with Crippen LogP contribution in [0.15, 0.2) is 22.6 Å². The molecule has 2 aromatic rings. The van der Waals surface area contributed by atoms with Crippen LogP contribution >= 0.6 is 0 Å². The molecular weight excluding hydrogens is 214 g/mol. The Morgan fingerprint density at radius 3 is 2.88 bits per heavy atom. The molecule has 1 aromatic heterocycles. The third-order valence-electron chi connectivity index (χ3n) is 2.16. The van der Waals surface area contributed by atoms with E-state index in [1.165, 1.54) is 0 Å². The number of carbonyl (C=O) groups is 1. The first-order chi connectivity index (χ1) is 7.63. The number of fused-ring (bicyclic) bond motifs is 1. The van der Waals surface area contributed by atoms with Crippen LogP contribution in [0, 0.1) is 0 Å². The zero-order valence-electron chi connectivity index (χ0n) is 8.12. The summed E-state index contributed by atoms with van der Waals surface area (Å²) >= 11 is 0. The lowest BCUT2D eigenvalue weighted by molar-refractivity contribution is -0.148. The molecule has 2 rings (SSSR count). The number of oxazole rings is 1. The fourth-order valence-electron chi connectivity index (χ4n) is 1.37. The first-order valence-electron chi connectivity index (χ1n) is 4.53. The van der Waals surface area contributed by atoms with Gasteiger partial charge in [-0.2, -0.15) is 0 Å². The number of benzene rings is 1. The van der Waals surface area contributed by atoms with Crippen molar-refractivity contribution in [2.75, 3.05) is 0 Å². The monoisotopic (exact) mass is 223 g/mol. The molecule has 0 saturated carbocycles. The summed E-state index contributed by atoms with van der Waals surface area (Å²) in [5.74, 6) is -1.72. The van der Waals surface area contributed by atoms with Crippen LogP contribution in [0.3, 0.4) is 0 Å². The van der Waals surface area contributed by atoms with Crippen molar-refractivity contribution in [1.82, 2.24) is 4.98 Å². The smallest absolute Gasteiger partial charge is 0.342 e. The Hall–Kier alpha value is -1.92. The number of aromatic nitrogens is 1. The Labute approximate surface area is 89.8 Å². The maximum absolute atomic E-state index is 10.5. The summed E-state index contributed by atoms with van der Waals surface area (Å²) in [6, 6.07) is 4.87. The maximum Gasteiger partial charge on any atom is 0.342 e. The lowest BCUT2D eigenvalue weighted by Crippen LogP contribution is -2.10. The number of aliphatic hydroxyl groups excluding tert-OH is 2. The van der Waals surface area contributed by atoms with Crippen LogP contribution in [0.25, 0.3) is 11.1 Å². The number of aliphatic hydroxyl groups is 2. The van der Waals surface area contributed by atoms with Crippen molar-refractivity contribution >= 4 is 17.1 Å². The topological polar surface area (TPSA) is 104 Å². The van der Waals surface area contributed by atoms with Gasteiger partial charge in [0.25, 0.3) is 0 Å². The number of hydrogen-bond acceptors (Lipinski definition) is 5. The molecule has 3 N–H and O–H groups in total. The van der Waals surface area contributed by atoms with E-state index in [4.69, 9.17) is 14.6 Å². The van der Waals surface area contributed by atoms with E-state index >= 15 is 0 Å². The van der Waals surface area contributed by atoms with E-state index in [-0.39, 0.29) is 12.5 Å². The molecule has 0 aliphatic carbocycles. The van der Waals surface area contributed by atoms with Crippen LogP contribution < -0.4 is 0 Å². The summed E-state index contributed by atoms with van der Waals surface area (Å²) in [5.41, 5.74) is 1.22. The van der Waals surface area contributed by atoms with Crippen molar-refractivity contribution in [3.05, 3.63) is 29.7 Å². The minimum absolute atomic E-state index is 0.230. The molecule has 0 saturated heterocycles. The van der Waals surface area contributed by atoms with Gasteiger partial charge >= 0.3 is 5.97 Å². The molecule has 1 atom stereocenters. The molecule has 0 spiro atoms.